The minimum atomic E-state index is -0.426. The van der Waals surface area contributed by atoms with Gasteiger partial charge in [-0.25, -0.2) is 9.78 Å². The van der Waals surface area contributed by atoms with Crippen molar-refractivity contribution in [3.05, 3.63) is 53.1 Å². The Morgan fingerprint density at radius 2 is 1.97 bits per heavy atom. The normalized spacial score (nSPS) is 18.5. The summed E-state index contributed by atoms with van der Waals surface area (Å²) < 4.78 is 1.26. The van der Waals surface area contributed by atoms with Crippen molar-refractivity contribution in [1.29, 1.82) is 5.26 Å². The Bertz CT molecular complexity index is 1190. The summed E-state index contributed by atoms with van der Waals surface area (Å²) >= 11 is 4.23. The average Bonchev–Trinajstić information content (AvgIpc) is 3.18. The molecule has 34 heavy (non-hydrogen) atoms. The summed E-state index contributed by atoms with van der Waals surface area (Å²) in [5, 5.41) is 12.1. The number of nitrogens with one attached hydrogen (secondary N) is 1. The highest BCUT2D eigenvalue weighted by atomic mass is 32.1. The van der Waals surface area contributed by atoms with E-state index in [2.05, 4.69) is 49.1 Å². The third kappa shape index (κ3) is 4.82. The SMILES string of the molecule is CN1CC(c2ccc(NC(=O)c3nc(C#N)cn3S)c(C3=CCC(C)(C)CC3)c2)CN(C)C1=O. The van der Waals surface area contributed by atoms with Gasteiger partial charge in [0.1, 0.15) is 6.07 Å². The highest BCUT2D eigenvalue weighted by molar-refractivity contribution is 7.78. The van der Waals surface area contributed by atoms with E-state index in [9.17, 15) is 9.59 Å². The van der Waals surface area contributed by atoms with Crippen LogP contribution in [0.15, 0.2) is 30.5 Å². The van der Waals surface area contributed by atoms with Crippen LogP contribution in [0, 0.1) is 16.7 Å². The first-order valence-corrected chi connectivity index (χ1v) is 11.8. The summed E-state index contributed by atoms with van der Waals surface area (Å²) in [7, 11) is 3.64. The quantitative estimate of drug-likeness (QED) is 0.638. The summed E-state index contributed by atoms with van der Waals surface area (Å²) in [4.78, 5) is 32.7. The van der Waals surface area contributed by atoms with Crippen LogP contribution >= 0.6 is 12.8 Å². The first-order chi connectivity index (χ1) is 16.1. The van der Waals surface area contributed by atoms with Gasteiger partial charge in [0.2, 0.25) is 5.82 Å². The van der Waals surface area contributed by atoms with Crippen molar-refractivity contribution in [3.8, 4) is 6.07 Å². The maximum Gasteiger partial charge on any atom is 0.319 e. The van der Waals surface area contributed by atoms with Crippen molar-refractivity contribution in [2.24, 2.45) is 5.41 Å². The number of hydrogen-bond acceptors (Lipinski definition) is 5. The minimum Gasteiger partial charge on any atom is -0.327 e. The summed E-state index contributed by atoms with van der Waals surface area (Å²) in [5.41, 5.74) is 4.41. The molecule has 1 saturated heterocycles. The third-order valence-electron chi connectivity index (χ3n) is 6.73. The lowest BCUT2D eigenvalue weighted by molar-refractivity contribution is 0.101. The van der Waals surface area contributed by atoms with Gasteiger partial charge in [-0.3, -0.25) is 8.77 Å². The number of hydrogen-bond donors (Lipinski definition) is 2. The standard InChI is InChI=1S/C25H30N6O2S/c1-25(2)9-7-16(8-10-25)20-11-17(18-13-29(3)24(33)30(4)14-18)5-6-21(20)28-23(32)22-27-19(12-26)15-31(22)34/h5-7,11,15,18,34H,8-10,13-14H2,1-4H3,(H,28,32). The first-order valence-electron chi connectivity index (χ1n) is 11.4. The zero-order valence-corrected chi connectivity index (χ0v) is 20.9. The monoisotopic (exact) mass is 478 g/mol. The van der Waals surface area contributed by atoms with Crippen LogP contribution in [0.4, 0.5) is 10.5 Å². The number of aromatic nitrogens is 2. The number of benzene rings is 1. The van der Waals surface area contributed by atoms with Crippen molar-refractivity contribution in [1.82, 2.24) is 18.8 Å². The van der Waals surface area contributed by atoms with Gasteiger partial charge < -0.3 is 15.1 Å². The average molecular weight is 479 g/mol. The van der Waals surface area contributed by atoms with Crippen molar-refractivity contribution in [3.63, 3.8) is 0 Å². The molecule has 1 aromatic heterocycles. The van der Waals surface area contributed by atoms with E-state index in [1.165, 1.54) is 15.7 Å². The maximum atomic E-state index is 13.0. The van der Waals surface area contributed by atoms with Gasteiger partial charge in [-0.15, -0.1) is 0 Å². The van der Waals surface area contributed by atoms with E-state index in [-0.39, 0.29) is 28.9 Å². The number of imidazole rings is 1. The van der Waals surface area contributed by atoms with E-state index in [0.717, 1.165) is 30.4 Å². The molecule has 178 valence electrons. The van der Waals surface area contributed by atoms with E-state index in [0.29, 0.717) is 18.8 Å². The predicted molar refractivity (Wildman–Crippen MR) is 135 cm³/mol. The molecule has 8 nitrogen and oxygen atoms in total. The number of carbonyl (C=O) groups is 2. The van der Waals surface area contributed by atoms with Crippen LogP contribution in [0.25, 0.3) is 5.57 Å². The van der Waals surface area contributed by atoms with E-state index >= 15 is 0 Å². The lowest BCUT2D eigenvalue weighted by Gasteiger charge is -2.37. The van der Waals surface area contributed by atoms with Crippen molar-refractivity contribution < 1.29 is 9.59 Å². The topological polar surface area (TPSA) is 94.3 Å². The molecule has 0 atom stereocenters. The number of nitriles is 1. The second-order valence-corrected chi connectivity index (χ2v) is 10.4. The number of likely N-dealkylation sites (N-methyl/N-ethyl adjacent to an activating group) is 2. The van der Waals surface area contributed by atoms with Crippen LogP contribution in [-0.2, 0) is 0 Å². The molecule has 4 rings (SSSR count). The predicted octanol–water partition coefficient (Wildman–Crippen LogP) is 4.37. The van der Waals surface area contributed by atoms with Gasteiger partial charge in [0, 0.05) is 44.4 Å². The summed E-state index contributed by atoms with van der Waals surface area (Å²) in [6, 6.07) is 8.05. The molecule has 0 saturated carbocycles. The van der Waals surface area contributed by atoms with E-state index in [1.54, 1.807) is 9.80 Å². The molecule has 0 radical (unpaired) electrons. The number of nitrogens with zero attached hydrogens (tertiary/aromatic N) is 5. The largest absolute Gasteiger partial charge is 0.327 e. The van der Waals surface area contributed by atoms with E-state index in [1.807, 2.05) is 32.3 Å². The highest BCUT2D eigenvalue weighted by Crippen LogP contribution is 2.41. The van der Waals surface area contributed by atoms with Gasteiger partial charge in [-0.05, 0) is 47.9 Å². The molecule has 1 aromatic carbocycles. The number of allylic oxidation sites excluding steroid dienone is 2. The summed E-state index contributed by atoms with van der Waals surface area (Å²) in [6.45, 7) is 5.83. The number of anilines is 1. The molecule has 2 aromatic rings. The summed E-state index contributed by atoms with van der Waals surface area (Å²) in [5.74, 6) is -0.195. The van der Waals surface area contributed by atoms with Crippen molar-refractivity contribution in [2.75, 3.05) is 32.5 Å². The second kappa shape index (κ2) is 9.18. The summed E-state index contributed by atoms with van der Waals surface area (Å²) in [6.07, 6.45) is 6.63. The van der Waals surface area contributed by atoms with Crippen LogP contribution in [-0.4, -0.2) is 57.9 Å². The van der Waals surface area contributed by atoms with Gasteiger partial charge in [0.05, 0.1) is 6.20 Å². The fraction of sp³-hybridized carbons (Fsp3) is 0.440. The Kier molecular flexibility index (Phi) is 6.45. The first kappa shape index (κ1) is 23.9. The number of amides is 3. The molecular weight excluding hydrogens is 448 g/mol. The Balaban J connectivity index is 1.69. The number of urea groups is 1. The molecule has 2 aliphatic rings. The van der Waals surface area contributed by atoms with Crippen molar-refractivity contribution >= 4 is 36.0 Å². The molecule has 0 bridgehead atoms. The van der Waals surface area contributed by atoms with Gasteiger partial charge in [0.25, 0.3) is 5.91 Å². The van der Waals surface area contributed by atoms with Gasteiger partial charge in [-0.1, -0.05) is 38.8 Å². The Morgan fingerprint density at radius 1 is 1.26 bits per heavy atom. The Morgan fingerprint density at radius 3 is 2.56 bits per heavy atom. The fourth-order valence-corrected chi connectivity index (χ4v) is 4.89. The molecule has 0 spiro atoms. The van der Waals surface area contributed by atoms with E-state index < -0.39 is 5.91 Å². The smallest absolute Gasteiger partial charge is 0.319 e. The zero-order chi connectivity index (χ0) is 24.6. The maximum absolute atomic E-state index is 13.0. The second-order valence-electron chi connectivity index (χ2n) is 10.0. The zero-order valence-electron chi connectivity index (χ0n) is 20.0. The highest BCUT2D eigenvalue weighted by Gasteiger charge is 2.29. The number of carbonyl (C=O) groups excluding carboxylic acids is 2. The van der Waals surface area contributed by atoms with Crippen LogP contribution < -0.4 is 5.32 Å². The molecule has 1 aliphatic carbocycles. The molecule has 9 heteroatoms. The van der Waals surface area contributed by atoms with Crippen LogP contribution in [0.2, 0.25) is 0 Å². The molecule has 3 amide bonds. The van der Waals surface area contributed by atoms with Crippen LogP contribution in [0.3, 0.4) is 0 Å². The van der Waals surface area contributed by atoms with Gasteiger partial charge in [0.15, 0.2) is 5.69 Å². The van der Waals surface area contributed by atoms with Crippen LogP contribution in [0.5, 0.6) is 0 Å². The lowest BCUT2D eigenvalue weighted by Crippen LogP contribution is -2.48. The molecule has 0 unspecified atom stereocenters. The molecule has 1 fully saturated rings. The Labute approximate surface area is 205 Å². The molecule has 1 aliphatic heterocycles. The van der Waals surface area contributed by atoms with Crippen LogP contribution in [0.1, 0.15) is 66.5 Å². The molecule has 1 N–H and O–H groups in total. The molecular formula is C25H30N6O2S. The minimum absolute atomic E-state index is 0.0246. The van der Waals surface area contributed by atoms with E-state index in [4.69, 9.17) is 5.26 Å². The fourth-order valence-electron chi connectivity index (χ4n) is 4.65. The van der Waals surface area contributed by atoms with Gasteiger partial charge in [-0.2, -0.15) is 5.26 Å². The number of rotatable bonds is 4. The van der Waals surface area contributed by atoms with Gasteiger partial charge >= 0.3 is 6.03 Å². The van der Waals surface area contributed by atoms with Crippen molar-refractivity contribution in [2.45, 2.75) is 39.0 Å². The third-order valence-corrected chi connectivity index (χ3v) is 7.03. The Hall–Kier alpha value is -3.25. The lowest BCUT2D eigenvalue weighted by atomic mass is 9.76. The molecule has 2 heterocycles. The number of thiol groups is 1.